The van der Waals surface area contributed by atoms with Gasteiger partial charge in [0.25, 0.3) is 5.91 Å². The summed E-state index contributed by atoms with van der Waals surface area (Å²) in [7, 11) is 0. The van der Waals surface area contributed by atoms with Crippen LogP contribution in [0.3, 0.4) is 0 Å². The predicted molar refractivity (Wildman–Crippen MR) is 110 cm³/mol. The summed E-state index contributed by atoms with van der Waals surface area (Å²) in [4.78, 5) is 14.1. The number of rotatable bonds is 5. The molecule has 2 unspecified atom stereocenters. The van der Waals surface area contributed by atoms with Gasteiger partial charge in [0.1, 0.15) is 10.6 Å². The first-order chi connectivity index (χ1) is 13.0. The lowest BCUT2D eigenvalue weighted by atomic mass is 10.1. The second kappa shape index (κ2) is 8.57. The lowest BCUT2D eigenvalue weighted by molar-refractivity contribution is 0.0931. The normalized spacial score (nSPS) is 19.0. The van der Waals surface area contributed by atoms with E-state index in [0.717, 1.165) is 21.5 Å². The monoisotopic (exact) mass is 424 g/mol. The molecule has 1 fully saturated rings. The van der Waals surface area contributed by atoms with Crippen LogP contribution in [0.15, 0.2) is 30.3 Å². The molecule has 150 valence electrons. The van der Waals surface area contributed by atoms with Crippen LogP contribution in [0.1, 0.15) is 20.9 Å². The van der Waals surface area contributed by atoms with E-state index in [4.69, 9.17) is 0 Å². The van der Waals surface area contributed by atoms with Gasteiger partial charge in [-0.15, -0.1) is 23.7 Å². The van der Waals surface area contributed by atoms with E-state index in [9.17, 15) is 14.3 Å². The summed E-state index contributed by atoms with van der Waals surface area (Å²) in [6.07, 6.45) is -0.417. The summed E-state index contributed by atoms with van der Waals surface area (Å²) in [5.41, 5.74) is 1.81. The Morgan fingerprint density at radius 2 is 2.14 bits per heavy atom. The van der Waals surface area contributed by atoms with Gasteiger partial charge in [0.2, 0.25) is 0 Å². The van der Waals surface area contributed by atoms with Crippen molar-refractivity contribution in [1.29, 1.82) is 0 Å². The summed E-state index contributed by atoms with van der Waals surface area (Å²) in [5.74, 6) is -0.361. The first kappa shape index (κ1) is 20.7. The highest BCUT2D eigenvalue weighted by Gasteiger charge is 2.25. The van der Waals surface area contributed by atoms with Crippen molar-refractivity contribution in [2.45, 2.75) is 19.6 Å². The molecule has 1 saturated heterocycles. The molecular formula is C19H22ClFN4O2S. The van der Waals surface area contributed by atoms with Crippen molar-refractivity contribution in [3.63, 3.8) is 0 Å². The van der Waals surface area contributed by atoms with E-state index in [1.165, 1.54) is 23.5 Å². The van der Waals surface area contributed by atoms with Gasteiger partial charge in [-0.25, -0.2) is 4.39 Å². The van der Waals surface area contributed by atoms with E-state index < -0.39 is 6.10 Å². The third-order valence-electron chi connectivity index (χ3n) is 4.91. The van der Waals surface area contributed by atoms with E-state index in [2.05, 4.69) is 15.7 Å². The first-order valence-electron chi connectivity index (χ1n) is 8.89. The predicted octanol–water partition coefficient (Wildman–Crippen LogP) is 2.33. The molecule has 3 N–H and O–H groups in total. The average molecular weight is 425 g/mol. The Morgan fingerprint density at radius 1 is 1.39 bits per heavy atom. The molecule has 9 heteroatoms. The van der Waals surface area contributed by atoms with Crippen molar-refractivity contribution in [2.24, 2.45) is 5.92 Å². The van der Waals surface area contributed by atoms with Gasteiger partial charge in [-0.2, -0.15) is 5.10 Å². The Kier molecular flexibility index (Phi) is 6.34. The largest absolute Gasteiger partial charge is 0.391 e. The first-order valence-corrected chi connectivity index (χ1v) is 9.71. The molecule has 3 heterocycles. The van der Waals surface area contributed by atoms with Gasteiger partial charge in [-0.3, -0.25) is 9.48 Å². The van der Waals surface area contributed by atoms with Crippen molar-refractivity contribution in [3.8, 4) is 0 Å². The zero-order valence-electron chi connectivity index (χ0n) is 15.3. The van der Waals surface area contributed by atoms with Crippen LogP contribution in [0, 0.1) is 18.7 Å². The number of carbonyl (C=O) groups is 1. The summed E-state index contributed by atoms with van der Waals surface area (Å²) >= 11 is 1.39. The summed E-state index contributed by atoms with van der Waals surface area (Å²) in [5, 5.41) is 21.4. The zero-order valence-corrected chi connectivity index (χ0v) is 16.9. The van der Waals surface area contributed by atoms with E-state index in [0.29, 0.717) is 31.1 Å². The van der Waals surface area contributed by atoms with Crippen LogP contribution < -0.4 is 10.6 Å². The number of nitrogens with zero attached hydrogens (tertiary/aromatic N) is 2. The number of benzene rings is 1. The van der Waals surface area contributed by atoms with E-state index in [1.807, 2.05) is 17.7 Å². The minimum atomic E-state index is -0.417. The molecule has 0 spiro atoms. The molecule has 3 aromatic rings. The summed E-state index contributed by atoms with van der Waals surface area (Å²) in [6.45, 7) is 4.16. The summed E-state index contributed by atoms with van der Waals surface area (Å²) < 4.78 is 15.0. The molecule has 1 aromatic carbocycles. The third-order valence-corrected chi connectivity index (χ3v) is 6.05. The van der Waals surface area contributed by atoms with Gasteiger partial charge in [-0.05, 0) is 30.7 Å². The smallest absolute Gasteiger partial charge is 0.261 e. The van der Waals surface area contributed by atoms with E-state index in [1.54, 1.807) is 12.1 Å². The highest BCUT2D eigenvalue weighted by molar-refractivity contribution is 7.20. The number of aromatic nitrogens is 2. The number of nitrogens with one attached hydrogen (secondary N) is 2. The number of fused-ring (bicyclic) bond motifs is 1. The van der Waals surface area contributed by atoms with Crippen LogP contribution in [0.4, 0.5) is 4.39 Å². The topological polar surface area (TPSA) is 79.2 Å². The fraction of sp³-hybridized carbons (Fsp3) is 0.368. The highest BCUT2D eigenvalue weighted by atomic mass is 35.5. The number of hydrogen-bond donors (Lipinski definition) is 3. The zero-order chi connectivity index (χ0) is 19.0. The number of amides is 1. The molecular weight excluding hydrogens is 403 g/mol. The maximum Gasteiger partial charge on any atom is 0.261 e. The van der Waals surface area contributed by atoms with Crippen LogP contribution in [-0.4, -0.2) is 46.5 Å². The third kappa shape index (κ3) is 4.20. The maximum atomic E-state index is 13.1. The van der Waals surface area contributed by atoms with Crippen LogP contribution in [0.25, 0.3) is 10.2 Å². The van der Waals surface area contributed by atoms with Crippen molar-refractivity contribution in [3.05, 3.63) is 52.3 Å². The molecule has 0 aliphatic carbocycles. The number of β-amino-alcohol motifs (C(OH)–C–C–N with tert-alkyl or cyclic N) is 1. The van der Waals surface area contributed by atoms with E-state index >= 15 is 0 Å². The van der Waals surface area contributed by atoms with Crippen molar-refractivity contribution < 1.29 is 14.3 Å². The Balaban J connectivity index is 0.00000225. The van der Waals surface area contributed by atoms with Crippen molar-refractivity contribution in [1.82, 2.24) is 20.4 Å². The van der Waals surface area contributed by atoms with E-state index in [-0.39, 0.29) is 30.0 Å². The number of hydrogen-bond acceptors (Lipinski definition) is 5. The molecule has 28 heavy (non-hydrogen) atoms. The molecule has 2 aromatic heterocycles. The molecule has 1 aliphatic heterocycles. The SMILES string of the molecule is Cc1nn(Cc2ccc(F)cc2)c2sc(C(=O)NCC3CNCC3O)cc12.Cl. The lowest BCUT2D eigenvalue weighted by Gasteiger charge is -2.13. The molecule has 6 nitrogen and oxygen atoms in total. The Labute approximate surface area is 172 Å². The Morgan fingerprint density at radius 3 is 2.82 bits per heavy atom. The van der Waals surface area contributed by atoms with Crippen LogP contribution >= 0.6 is 23.7 Å². The number of carbonyl (C=O) groups excluding carboxylic acids is 1. The molecule has 4 rings (SSSR count). The van der Waals surface area contributed by atoms with Gasteiger partial charge in [-0.1, -0.05) is 12.1 Å². The minimum absolute atomic E-state index is 0. The standard InChI is InChI=1S/C19H21FN4O2S.ClH/c1-11-15-6-17(18(26)22-8-13-7-21-9-16(13)25)27-19(15)24(23-11)10-12-2-4-14(20)5-3-12;/h2-6,13,16,21,25H,7-10H2,1H3,(H,22,26);1H. The second-order valence-electron chi connectivity index (χ2n) is 6.89. The molecule has 1 amide bonds. The van der Waals surface area contributed by atoms with Gasteiger partial charge in [0, 0.05) is 30.9 Å². The fourth-order valence-electron chi connectivity index (χ4n) is 3.33. The van der Waals surface area contributed by atoms with Gasteiger partial charge in [0.05, 0.1) is 23.2 Å². The summed E-state index contributed by atoms with van der Waals surface area (Å²) in [6, 6.07) is 8.20. The Bertz CT molecular complexity index is 972. The highest BCUT2D eigenvalue weighted by Crippen LogP contribution is 2.29. The second-order valence-corrected chi connectivity index (χ2v) is 7.93. The average Bonchev–Trinajstić information content (AvgIpc) is 3.33. The van der Waals surface area contributed by atoms with Crippen molar-refractivity contribution >= 4 is 39.9 Å². The van der Waals surface area contributed by atoms with Gasteiger partial charge in [0.15, 0.2) is 0 Å². The van der Waals surface area contributed by atoms with Crippen LogP contribution in [0.2, 0.25) is 0 Å². The molecule has 1 aliphatic rings. The number of halogens is 2. The van der Waals surface area contributed by atoms with Gasteiger partial charge >= 0.3 is 0 Å². The molecule has 0 radical (unpaired) electrons. The molecule has 0 bridgehead atoms. The van der Waals surface area contributed by atoms with Gasteiger partial charge < -0.3 is 15.7 Å². The van der Waals surface area contributed by atoms with Crippen LogP contribution in [-0.2, 0) is 6.54 Å². The molecule has 2 atom stereocenters. The van der Waals surface area contributed by atoms with Crippen LogP contribution in [0.5, 0.6) is 0 Å². The molecule has 0 saturated carbocycles. The Hall–Kier alpha value is -2.00. The maximum absolute atomic E-state index is 13.1. The quantitative estimate of drug-likeness (QED) is 0.587. The van der Waals surface area contributed by atoms with Crippen molar-refractivity contribution in [2.75, 3.05) is 19.6 Å². The number of aliphatic hydroxyl groups excluding tert-OH is 1. The fourth-order valence-corrected chi connectivity index (χ4v) is 4.41. The number of aryl methyl sites for hydroxylation is 1. The number of aliphatic hydroxyl groups is 1. The lowest BCUT2D eigenvalue weighted by Crippen LogP contribution is -2.34. The number of thiophene rings is 1. The minimum Gasteiger partial charge on any atom is -0.391 e.